The molecule has 110 valence electrons. The number of hydrogen-bond donors (Lipinski definition) is 1. The predicted molar refractivity (Wildman–Crippen MR) is 91.0 cm³/mol. The first kappa shape index (κ1) is 14.3. The van der Waals surface area contributed by atoms with Crippen LogP contribution in [-0.2, 0) is 6.42 Å². The molecule has 0 N–H and O–H groups in total. The number of thiol groups is 1. The molecule has 1 nitrogen and oxygen atoms in total. The average molecular weight is 289 g/mol. The maximum atomic E-state index is 4.72. The number of anilines is 1. The first-order valence-corrected chi connectivity index (χ1v) is 8.90. The van der Waals surface area contributed by atoms with Gasteiger partial charge in [-0.05, 0) is 54.9 Å². The number of fused-ring (bicyclic) bond motifs is 1. The Bertz CT molecular complexity index is 437. The van der Waals surface area contributed by atoms with E-state index in [9.17, 15) is 0 Å². The lowest BCUT2D eigenvalue weighted by atomic mass is 9.75. The average Bonchev–Trinajstić information content (AvgIpc) is 2.71. The van der Waals surface area contributed by atoms with Crippen molar-refractivity contribution in [2.75, 3.05) is 23.7 Å². The van der Waals surface area contributed by atoms with Gasteiger partial charge in [-0.2, -0.15) is 12.6 Å². The van der Waals surface area contributed by atoms with Gasteiger partial charge in [-0.3, -0.25) is 0 Å². The van der Waals surface area contributed by atoms with Crippen LogP contribution in [0.25, 0.3) is 0 Å². The van der Waals surface area contributed by atoms with E-state index < -0.39 is 0 Å². The van der Waals surface area contributed by atoms with Crippen LogP contribution in [0, 0.1) is 5.41 Å². The summed E-state index contributed by atoms with van der Waals surface area (Å²) in [4.78, 5) is 2.67. The molecule has 1 aromatic carbocycles. The molecule has 1 aliphatic heterocycles. The Hall–Kier alpha value is -0.630. The second-order valence-corrected chi connectivity index (χ2v) is 7.04. The minimum atomic E-state index is 0.457. The Kier molecular flexibility index (Phi) is 4.60. The molecule has 2 aliphatic rings. The highest BCUT2D eigenvalue weighted by molar-refractivity contribution is 7.80. The highest BCUT2D eigenvalue weighted by Crippen LogP contribution is 2.40. The lowest BCUT2D eigenvalue weighted by Crippen LogP contribution is -2.41. The number of aryl methyl sites for hydroxylation is 1. The first-order valence-electron chi connectivity index (χ1n) is 8.27. The molecule has 0 unspecified atom stereocenters. The Morgan fingerprint density at radius 3 is 2.60 bits per heavy atom. The molecular weight excluding hydrogens is 262 g/mol. The van der Waals surface area contributed by atoms with E-state index in [1.165, 1.54) is 70.1 Å². The molecule has 1 fully saturated rings. The summed E-state index contributed by atoms with van der Waals surface area (Å²) >= 11 is 4.72. The summed E-state index contributed by atoms with van der Waals surface area (Å²) in [5, 5.41) is 0. The van der Waals surface area contributed by atoms with Crippen LogP contribution in [-0.4, -0.2) is 18.8 Å². The lowest BCUT2D eigenvalue weighted by Gasteiger charge is -2.41. The zero-order valence-corrected chi connectivity index (χ0v) is 13.4. The first-order chi connectivity index (χ1) is 9.83. The van der Waals surface area contributed by atoms with E-state index in [0.717, 1.165) is 5.75 Å². The van der Waals surface area contributed by atoms with Gasteiger partial charge in [0.15, 0.2) is 0 Å². The van der Waals surface area contributed by atoms with Gasteiger partial charge < -0.3 is 4.90 Å². The summed E-state index contributed by atoms with van der Waals surface area (Å²) in [6.07, 6.45) is 10.9. The Balaban J connectivity index is 1.82. The molecule has 0 bridgehead atoms. The molecule has 1 aliphatic carbocycles. The van der Waals surface area contributed by atoms with Crippen molar-refractivity contribution in [3.63, 3.8) is 0 Å². The van der Waals surface area contributed by atoms with E-state index in [-0.39, 0.29) is 0 Å². The maximum absolute atomic E-state index is 4.72. The molecule has 0 aromatic heterocycles. The fraction of sp³-hybridized carbons (Fsp3) is 0.667. The van der Waals surface area contributed by atoms with Crippen molar-refractivity contribution in [3.05, 3.63) is 29.8 Å². The molecule has 0 atom stereocenters. The highest BCUT2D eigenvalue weighted by atomic mass is 32.1. The van der Waals surface area contributed by atoms with Crippen LogP contribution in [0.3, 0.4) is 0 Å². The second kappa shape index (κ2) is 6.43. The van der Waals surface area contributed by atoms with Crippen molar-refractivity contribution >= 4 is 18.3 Å². The Labute approximate surface area is 129 Å². The number of para-hydroxylation sites is 1. The van der Waals surface area contributed by atoms with Crippen molar-refractivity contribution in [1.82, 2.24) is 0 Å². The van der Waals surface area contributed by atoms with Crippen molar-refractivity contribution < 1.29 is 0 Å². The van der Waals surface area contributed by atoms with Crippen LogP contribution in [0.15, 0.2) is 24.3 Å². The van der Waals surface area contributed by atoms with E-state index in [1.54, 1.807) is 5.56 Å². The largest absolute Gasteiger partial charge is 0.371 e. The van der Waals surface area contributed by atoms with Crippen LogP contribution in [0.1, 0.15) is 50.5 Å². The topological polar surface area (TPSA) is 3.24 Å². The third-order valence-corrected chi connectivity index (χ3v) is 5.90. The molecule has 3 rings (SSSR count). The van der Waals surface area contributed by atoms with Crippen molar-refractivity contribution in [2.24, 2.45) is 5.41 Å². The predicted octanol–water partition coefficient (Wildman–Crippen LogP) is 4.71. The number of rotatable bonds is 3. The normalized spacial score (nSPS) is 22.1. The lowest BCUT2D eigenvalue weighted by molar-refractivity contribution is 0.228. The van der Waals surface area contributed by atoms with E-state index in [0.29, 0.717) is 5.41 Å². The minimum Gasteiger partial charge on any atom is -0.371 e. The molecule has 1 heterocycles. The Morgan fingerprint density at radius 1 is 1.00 bits per heavy atom. The third-order valence-electron chi connectivity index (χ3n) is 5.23. The van der Waals surface area contributed by atoms with E-state index in [2.05, 4.69) is 29.2 Å². The Morgan fingerprint density at radius 2 is 1.80 bits per heavy atom. The third kappa shape index (κ3) is 3.00. The standard InChI is InChI=1S/C18H27NS/c20-15-18(11-5-1-6-12-18)14-19-13-7-4-9-16-8-2-3-10-17(16)19/h2-3,8,10,20H,1,4-7,9,11-15H2. The monoisotopic (exact) mass is 289 g/mol. The quantitative estimate of drug-likeness (QED) is 0.789. The summed E-state index contributed by atoms with van der Waals surface area (Å²) in [7, 11) is 0. The summed E-state index contributed by atoms with van der Waals surface area (Å²) in [5.74, 6) is 1.05. The van der Waals surface area contributed by atoms with Crippen molar-refractivity contribution in [2.45, 2.75) is 51.4 Å². The van der Waals surface area contributed by atoms with E-state index >= 15 is 0 Å². The molecule has 0 radical (unpaired) electrons. The fourth-order valence-electron chi connectivity index (χ4n) is 4.01. The van der Waals surface area contributed by atoms with Gasteiger partial charge in [0.2, 0.25) is 0 Å². The van der Waals surface area contributed by atoms with Crippen molar-refractivity contribution in [1.29, 1.82) is 0 Å². The van der Waals surface area contributed by atoms with E-state index in [1.807, 2.05) is 0 Å². The molecule has 0 saturated heterocycles. The molecule has 2 heteroatoms. The highest BCUT2D eigenvalue weighted by Gasteiger charge is 2.33. The van der Waals surface area contributed by atoms with Gasteiger partial charge in [0.1, 0.15) is 0 Å². The molecule has 1 aromatic rings. The molecular formula is C18H27NS. The maximum Gasteiger partial charge on any atom is 0.0398 e. The van der Waals surface area contributed by atoms with Crippen LogP contribution in [0.4, 0.5) is 5.69 Å². The zero-order chi connectivity index (χ0) is 13.8. The van der Waals surface area contributed by atoms with Crippen molar-refractivity contribution in [3.8, 4) is 0 Å². The van der Waals surface area contributed by atoms with Gasteiger partial charge in [-0.1, -0.05) is 37.5 Å². The molecule has 0 amide bonds. The molecule has 20 heavy (non-hydrogen) atoms. The number of nitrogens with zero attached hydrogens (tertiary/aromatic N) is 1. The van der Waals surface area contributed by atoms with Gasteiger partial charge in [0.05, 0.1) is 0 Å². The van der Waals surface area contributed by atoms with Gasteiger partial charge in [-0.25, -0.2) is 0 Å². The van der Waals surface area contributed by atoms with Crippen LogP contribution < -0.4 is 4.90 Å². The smallest absolute Gasteiger partial charge is 0.0398 e. The van der Waals surface area contributed by atoms with Gasteiger partial charge in [0, 0.05) is 18.8 Å². The summed E-state index contributed by atoms with van der Waals surface area (Å²) < 4.78 is 0. The van der Waals surface area contributed by atoms with Crippen LogP contribution >= 0.6 is 12.6 Å². The SMILES string of the molecule is SCC1(CN2CCCCc3ccccc32)CCCCC1. The summed E-state index contributed by atoms with van der Waals surface area (Å²) in [6.45, 7) is 2.44. The molecule has 1 saturated carbocycles. The summed E-state index contributed by atoms with van der Waals surface area (Å²) in [5.41, 5.74) is 3.51. The number of benzene rings is 1. The van der Waals surface area contributed by atoms with Gasteiger partial charge in [-0.15, -0.1) is 0 Å². The van der Waals surface area contributed by atoms with Crippen LogP contribution in [0.2, 0.25) is 0 Å². The number of hydrogen-bond acceptors (Lipinski definition) is 2. The van der Waals surface area contributed by atoms with Gasteiger partial charge >= 0.3 is 0 Å². The minimum absolute atomic E-state index is 0.457. The second-order valence-electron chi connectivity index (χ2n) is 6.73. The fourth-order valence-corrected chi connectivity index (χ4v) is 4.42. The zero-order valence-electron chi connectivity index (χ0n) is 12.5. The van der Waals surface area contributed by atoms with E-state index in [4.69, 9.17) is 12.6 Å². The van der Waals surface area contributed by atoms with Crippen LogP contribution in [0.5, 0.6) is 0 Å². The summed E-state index contributed by atoms with van der Waals surface area (Å²) in [6, 6.07) is 9.04. The van der Waals surface area contributed by atoms with Gasteiger partial charge in [0.25, 0.3) is 0 Å². The molecule has 0 spiro atoms.